The van der Waals surface area contributed by atoms with E-state index < -0.39 is 6.17 Å². The Balaban J connectivity index is 2.31. The van der Waals surface area contributed by atoms with Crippen LogP contribution in [0.25, 0.3) is 0 Å². The maximum absolute atomic E-state index is 13.3. The zero-order chi connectivity index (χ0) is 10.1. The van der Waals surface area contributed by atoms with Crippen LogP contribution in [0, 0.1) is 0 Å². The molecule has 0 radical (unpaired) electrons. The lowest BCUT2D eigenvalue weighted by Crippen LogP contribution is -2.11. The largest absolute Gasteiger partial charge is 0.327 e. The van der Waals surface area contributed by atoms with E-state index in [-0.39, 0.29) is 6.54 Å². The SMILES string of the molecule is NCC(F)c1nc(C2CC2)ncc1Br. The second kappa shape index (κ2) is 3.90. The monoisotopic (exact) mass is 259 g/mol. The molecule has 1 saturated carbocycles. The maximum atomic E-state index is 13.3. The van der Waals surface area contributed by atoms with Crippen LogP contribution < -0.4 is 5.73 Å². The molecule has 0 bridgehead atoms. The van der Waals surface area contributed by atoms with E-state index in [1.807, 2.05) is 0 Å². The molecule has 1 aromatic heterocycles. The quantitative estimate of drug-likeness (QED) is 0.905. The summed E-state index contributed by atoms with van der Waals surface area (Å²) in [7, 11) is 0. The number of hydrogen-bond donors (Lipinski definition) is 1. The second-order valence-electron chi connectivity index (χ2n) is 3.44. The van der Waals surface area contributed by atoms with Gasteiger partial charge in [0.25, 0.3) is 0 Å². The third-order valence-corrected chi connectivity index (χ3v) is 2.85. The van der Waals surface area contributed by atoms with Crippen LogP contribution in [0.1, 0.15) is 36.4 Å². The molecule has 1 heterocycles. The van der Waals surface area contributed by atoms with Crippen LogP contribution in [-0.2, 0) is 0 Å². The first-order valence-electron chi connectivity index (χ1n) is 4.59. The Morgan fingerprint density at radius 3 is 2.93 bits per heavy atom. The summed E-state index contributed by atoms with van der Waals surface area (Å²) in [6, 6.07) is 0. The molecular weight excluding hydrogens is 249 g/mol. The van der Waals surface area contributed by atoms with Gasteiger partial charge in [0.2, 0.25) is 0 Å². The van der Waals surface area contributed by atoms with E-state index in [2.05, 4.69) is 25.9 Å². The van der Waals surface area contributed by atoms with Crippen molar-refractivity contribution in [1.82, 2.24) is 9.97 Å². The van der Waals surface area contributed by atoms with E-state index in [9.17, 15) is 4.39 Å². The minimum atomic E-state index is -1.20. The smallest absolute Gasteiger partial charge is 0.155 e. The molecule has 1 fully saturated rings. The van der Waals surface area contributed by atoms with Crippen molar-refractivity contribution in [2.75, 3.05) is 6.54 Å². The molecule has 1 aromatic rings. The van der Waals surface area contributed by atoms with Gasteiger partial charge in [0.15, 0.2) is 6.17 Å². The first-order chi connectivity index (χ1) is 6.72. The molecule has 14 heavy (non-hydrogen) atoms. The van der Waals surface area contributed by atoms with Gasteiger partial charge in [-0.25, -0.2) is 14.4 Å². The van der Waals surface area contributed by atoms with Gasteiger partial charge in [-0.1, -0.05) is 0 Å². The number of halogens is 2. The topological polar surface area (TPSA) is 51.8 Å². The summed E-state index contributed by atoms with van der Waals surface area (Å²) >= 11 is 3.22. The van der Waals surface area contributed by atoms with Crippen molar-refractivity contribution in [2.45, 2.75) is 24.9 Å². The average Bonchev–Trinajstić information content (AvgIpc) is 3.01. The maximum Gasteiger partial charge on any atom is 0.155 e. The predicted molar refractivity (Wildman–Crippen MR) is 54.6 cm³/mol. The molecule has 0 spiro atoms. The molecule has 0 aromatic carbocycles. The van der Waals surface area contributed by atoms with Crippen LogP contribution >= 0.6 is 15.9 Å². The Morgan fingerprint density at radius 2 is 2.36 bits per heavy atom. The van der Waals surface area contributed by atoms with Gasteiger partial charge in [0.1, 0.15) is 5.82 Å². The number of hydrogen-bond acceptors (Lipinski definition) is 3. The Bertz CT molecular complexity index is 341. The standard InChI is InChI=1S/C9H11BrFN3/c10-6-4-13-9(5-1-2-5)14-8(6)7(11)3-12/h4-5,7H,1-3,12H2. The lowest BCUT2D eigenvalue weighted by atomic mass is 10.2. The molecule has 0 aliphatic heterocycles. The first kappa shape index (κ1) is 9.98. The summed E-state index contributed by atoms with van der Waals surface area (Å²) in [6.45, 7) is -0.0419. The van der Waals surface area contributed by atoms with Crippen molar-refractivity contribution in [1.29, 1.82) is 0 Å². The van der Waals surface area contributed by atoms with Crippen molar-refractivity contribution in [2.24, 2.45) is 5.73 Å². The van der Waals surface area contributed by atoms with Gasteiger partial charge < -0.3 is 5.73 Å². The van der Waals surface area contributed by atoms with E-state index >= 15 is 0 Å². The molecule has 1 aliphatic rings. The van der Waals surface area contributed by atoms with E-state index in [0.717, 1.165) is 18.7 Å². The molecule has 1 unspecified atom stereocenters. The molecule has 1 aliphatic carbocycles. The predicted octanol–water partition coefficient (Wildman–Crippen LogP) is 2.09. The fourth-order valence-corrected chi connectivity index (χ4v) is 1.70. The van der Waals surface area contributed by atoms with Crippen LogP contribution in [0.5, 0.6) is 0 Å². The van der Waals surface area contributed by atoms with Crippen molar-refractivity contribution < 1.29 is 4.39 Å². The molecule has 2 rings (SSSR count). The normalized spacial score (nSPS) is 18.2. The Labute approximate surface area is 90.1 Å². The summed E-state index contributed by atoms with van der Waals surface area (Å²) in [5, 5.41) is 0. The summed E-state index contributed by atoms with van der Waals surface area (Å²) in [4.78, 5) is 8.34. The van der Waals surface area contributed by atoms with Crippen LogP contribution in [0.4, 0.5) is 4.39 Å². The summed E-state index contributed by atoms with van der Waals surface area (Å²) in [5.74, 6) is 1.19. The number of alkyl halides is 1. The van der Waals surface area contributed by atoms with Gasteiger partial charge >= 0.3 is 0 Å². The third-order valence-electron chi connectivity index (χ3n) is 2.24. The molecule has 1 atom stereocenters. The van der Waals surface area contributed by atoms with E-state index in [4.69, 9.17) is 5.73 Å². The minimum Gasteiger partial charge on any atom is -0.327 e. The summed E-state index contributed by atoms with van der Waals surface area (Å²) < 4.78 is 13.9. The highest BCUT2D eigenvalue weighted by molar-refractivity contribution is 9.10. The van der Waals surface area contributed by atoms with Gasteiger partial charge in [-0.2, -0.15) is 0 Å². The fourth-order valence-electron chi connectivity index (χ4n) is 1.26. The zero-order valence-electron chi connectivity index (χ0n) is 7.58. The number of rotatable bonds is 3. The number of nitrogens with zero attached hydrogens (tertiary/aromatic N) is 2. The zero-order valence-corrected chi connectivity index (χ0v) is 9.17. The van der Waals surface area contributed by atoms with Crippen LogP contribution in [0.2, 0.25) is 0 Å². The molecular formula is C9H11BrFN3. The second-order valence-corrected chi connectivity index (χ2v) is 4.29. The Morgan fingerprint density at radius 1 is 1.64 bits per heavy atom. The molecule has 76 valence electrons. The highest BCUT2D eigenvalue weighted by Gasteiger charge is 2.28. The lowest BCUT2D eigenvalue weighted by Gasteiger charge is -2.08. The Kier molecular flexibility index (Phi) is 2.78. The summed E-state index contributed by atoms with van der Waals surface area (Å²) in [5.41, 5.74) is 5.64. The van der Waals surface area contributed by atoms with Gasteiger partial charge in [0, 0.05) is 18.7 Å². The third kappa shape index (κ3) is 1.93. The van der Waals surface area contributed by atoms with Crippen molar-refractivity contribution in [3.8, 4) is 0 Å². The molecule has 2 N–H and O–H groups in total. The lowest BCUT2D eigenvalue weighted by molar-refractivity contribution is 0.342. The fraction of sp³-hybridized carbons (Fsp3) is 0.556. The van der Waals surface area contributed by atoms with E-state index in [0.29, 0.717) is 16.1 Å². The van der Waals surface area contributed by atoms with Crippen molar-refractivity contribution >= 4 is 15.9 Å². The first-order valence-corrected chi connectivity index (χ1v) is 5.38. The van der Waals surface area contributed by atoms with E-state index in [1.54, 1.807) is 6.20 Å². The van der Waals surface area contributed by atoms with Crippen LogP contribution in [0.3, 0.4) is 0 Å². The highest BCUT2D eigenvalue weighted by Crippen LogP contribution is 2.38. The molecule has 0 saturated heterocycles. The van der Waals surface area contributed by atoms with Crippen molar-refractivity contribution in [3.63, 3.8) is 0 Å². The van der Waals surface area contributed by atoms with Gasteiger partial charge in [-0.3, -0.25) is 0 Å². The van der Waals surface area contributed by atoms with Crippen LogP contribution in [-0.4, -0.2) is 16.5 Å². The van der Waals surface area contributed by atoms with Gasteiger partial charge in [0.05, 0.1) is 10.2 Å². The summed E-state index contributed by atoms with van der Waals surface area (Å²) in [6.07, 6.45) is 2.63. The number of aromatic nitrogens is 2. The van der Waals surface area contributed by atoms with Gasteiger partial charge in [-0.05, 0) is 28.8 Å². The molecule has 3 nitrogen and oxygen atoms in total. The molecule has 0 amide bonds. The number of nitrogens with two attached hydrogens (primary N) is 1. The minimum absolute atomic E-state index is 0.0419. The molecule has 5 heteroatoms. The highest BCUT2D eigenvalue weighted by atomic mass is 79.9. The van der Waals surface area contributed by atoms with Crippen molar-refractivity contribution in [3.05, 3.63) is 22.2 Å². The Hall–Kier alpha value is -0.550. The van der Waals surface area contributed by atoms with Crippen LogP contribution in [0.15, 0.2) is 10.7 Å². The average molecular weight is 260 g/mol. The van der Waals surface area contributed by atoms with Gasteiger partial charge in [-0.15, -0.1) is 0 Å². The van der Waals surface area contributed by atoms with E-state index in [1.165, 1.54) is 0 Å².